The SMILES string of the molecule is CCc1cccc2c(C(=O)N3CCC[C@H](n4ccnc4)C3)c[nH]c12. The molecule has 0 saturated carbocycles. The van der Waals surface area contributed by atoms with Crippen molar-refractivity contribution in [3.63, 3.8) is 0 Å². The van der Waals surface area contributed by atoms with E-state index < -0.39 is 0 Å². The fourth-order valence-corrected chi connectivity index (χ4v) is 3.73. The first kappa shape index (κ1) is 15.0. The smallest absolute Gasteiger partial charge is 0.256 e. The van der Waals surface area contributed by atoms with Crippen molar-refractivity contribution < 1.29 is 4.79 Å². The summed E-state index contributed by atoms with van der Waals surface area (Å²) in [5, 5.41) is 1.03. The number of nitrogens with one attached hydrogen (secondary N) is 1. The maximum atomic E-state index is 13.1. The third-order valence-electron chi connectivity index (χ3n) is 5.04. The molecule has 1 aliphatic heterocycles. The fourth-order valence-electron chi connectivity index (χ4n) is 3.73. The van der Waals surface area contributed by atoms with Gasteiger partial charge in [-0.2, -0.15) is 0 Å². The molecular formula is C19H22N4O. The average molecular weight is 322 g/mol. The second kappa shape index (κ2) is 6.15. The number of likely N-dealkylation sites (tertiary alicyclic amines) is 1. The van der Waals surface area contributed by atoms with Gasteiger partial charge in [0.25, 0.3) is 5.91 Å². The minimum absolute atomic E-state index is 0.124. The number of aromatic nitrogens is 3. The zero-order valence-corrected chi connectivity index (χ0v) is 13.9. The molecular weight excluding hydrogens is 300 g/mol. The van der Waals surface area contributed by atoms with Gasteiger partial charge in [0.15, 0.2) is 0 Å². The number of aromatic amines is 1. The Bertz CT molecular complexity index is 850. The van der Waals surface area contributed by atoms with Gasteiger partial charge in [-0.1, -0.05) is 25.1 Å². The molecule has 1 fully saturated rings. The van der Waals surface area contributed by atoms with Crippen LogP contribution in [0.1, 0.15) is 41.7 Å². The summed E-state index contributed by atoms with van der Waals surface area (Å²) in [5.74, 6) is 0.124. The Morgan fingerprint density at radius 3 is 3.12 bits per heavy atom. The lowest BCUT2D eigenvalue weighted by atomic mass is 10.0. The monoisotopic (exact) mass is 322 g/mol. The number of benzene rings is 1. The van der Waals surface area contributed by atoms with Gasteiger partial charge >= 0.3 is 0 Å². The molecule has 1 saturated heterocycles. The van der Waals surface area contributed by atoms with Gasteiger partial charge in [0, 0.05) is 42.6 Å². The van der Waals surface area contributed by atoms with Crippen molar-refractivity contribution in [2.75, 3.05) is 13.1 Å². The quantitative estimate of drug-likeness (QED) is 0.803. The molecule has 5 nitrogen and oxygen atoms in total. The Hall–Kier alpha value is -2.56. The molecule has 1 atom stereocenters. The van der Waals surface area contributed by atoms with E-state index in [0.717, 1.165) is 48.8 Å². The minimum Gasteiger partial charge on any atom is -0.360 e. The molecule has 0 aliphatic carbocycles. The van der Waals surface area contributed by atoms with Gasteiger partial charge in [-0.15, -0.1) is 0 Å². The minimum atomic E-state index is 0.124. The number of nitrogens with zero attached hydrogens (tertiary/aromatic N) is 3. The fraction of sp³-hybridized carbons (Fsp3) is 0.368. The first-order chi connectivity index (χ1) is 11.8. The van der Waals surface area contributed by atoms with Gasteiger partial charge in [-0.25, -0.2) is 4.98 Å². The van der Waals surface area contributed by atoms with Crippen molar-refractivity contribution in [3.8, 4) is 0 Å². The molecule has 1 aliphatic rings. The Labute approximate surface area is 141 Å². The molecule has 24 heavy (non-hydrogen) atoms. The molecule has 1 N–H and O–H groups in total. The molecule has 0 unspecified atom stereocenters. The number of aryl methyl sites for hydroxylation is 1. The van der Waals surface area contributed by atoms with Crippen molar-refractivity contribution in [3.05, 3.63) is 54.2 Å². The van der Waals surface area contributed by atoms with Gasteiger partial charge < -0.3 is 14.5 Å². The number of piperidine rings is 1. The summed E-state index contributed by atoms with van der Waals surface area (Å²) in [6, 6.07) is 6.51. The Balaban J connectivity index is 1.62. The lowest BCUT2D eigenvalue weighted by Crippen LogP contribution is -2.40. The van der Waals surface area contributed by atoms with E-state index >= 15 is 0 Å². The molecule has 2 aromatic heterocycles. The number of H-pyrrole nitrogens is 1. The molecule has 0 spiro atoms. The number of carbonyl (C=O) groups is 1. The van der Waals surface area contributed by atoms with Crippen molar-refractivity contribution in [2.45, 2.75) is 32.2 Å². The Morgan fingerprint density at radius 1 is 1.42 bits per heavy atom. The first-order valence-corrected chi connectivity index (χ1v) is 8.63. The van der Waals surface area contributed by atoms with Crippen LogP contribution in [0.4, 0.5) is 0 Å². The summed E-state index contributed by atoms with van der Waals surface area (Å²) in [6.07, 6.45) is 10.6. The highest BCUT2D eigenvalue weighted by Gasteiger charge is 2.26. The third kappa shape index (κ3) is 2.50. The number of rotatable bonds is 3. The number of para-hydroxylation sites is 1. The van der Waals surface area contributed by atoms with Gasteiger partial charge in [0.05, 0.1) is 17.9 Å². The Kier molecular flexibility index (Phi) is 3.84. The molecule has 1 amide bonds. The molecule has 1 aromatic carbocycles. The predicted octanol–water partition coefficient (Wildman–Crippen LogP) is 3.40. The topological polar surface area (TPSA) is 53.9 Å². The van der Waals surface area contributed by atoms with E-state index in [1.165, 1.54) is 5.56 Å². The number of imidazole rings is 1. The maximum Gasteiger partial charge on any atom is 0.256 e. The number of hydrogen-bond acceptors (Lipinski definition) is 2. The van der Waals surface area contributed by atoms with Gasteiger partial charge in [0.1, 0.15) is 0 Å². The molecule has 0 bridgehead atoms. The van der Waals surface area contributed by atoms with Crippen LogP contribution in [-0.2, 0) is 6.42 Å². The van der Waals surface area contributed by atoms with Crippen LogP contribution in [0.2, 0.25) is 0 Å². The van der Waals surface area contributed by atoms with E-state index in [2.05, 4.69) is 27.5 Å². The average Bonchev–Trinajstić information content (AvgIpc) is 3.30. The molecule has 0 radical (unpaired) electrons. The standard InChI is InChI=1S/C19H22N4O/c1-2-14-5-3-7-16-17(11-21-18(14)16)19(24)22-9-4-6-15(12-22)23-10-8-20-13-23/h3,5,7-8,10-11,13,15,21H,2,4,6,9,12H2,1H3/t15-/m0/s1. The summed E-state index contributed by atoms with van der Waals surface area (Å²) in [6.45, 7) is 3.71. The van der Waals surface area contributed by atoms with Gasteiger partial charge in [0.2, 0.25) is 0 Å². The second-order valence-electron chi connectivity index (χ2n) is 6.45. The normalized spacial score (nSPS) is 18.2. The summed E-state index contributed by atoms with van der Waals surface area (Å²) in [7, 11) is 0. The maximum absolute atomic E-state index is 13.1. The zero-order chi connectivity index (χ0) is 16.5. The summed E-state index contributed by atoms with van der Waals surface area (Å²) < 4.78 is 2.11. The third-order valence-corrected chi connectivity index (χ3v) is 5.04. The molecule has 4 rings (SSSR count). The van der Waals surface area contributed by atoms with Crippen molar-refractivity contribution in [1.82, 2.24) is 19.4 Å². The van der Waals surface area contributed by atoms with Crippen molar-refractivity contribution in [2.24, 2.45) is 0 Å². The highest BCUT2D eigenvalue weighted by Crippen LogP contribution is 2.27. The second-order valence-corrected chi connectivity index (χ2v) is 6.45. The van der Waals surface area contributed by atoms with E-state index in [1.807, 2.05) is 35.8 Å². The van der Waals surface area contributed by atoms with Crippen molar-refractivity contribution >= 4 is 16.8 Å². The molecule has 3 heterocycles. The highest BCUT2D eigenvalue weighted by atomic mass is 16.2. The lowest BCUT2D eigenvalue weighted by molar-refractivity contribution is 0.0681. The van der Waals surface area contributed by atoms with Gasteiger partial charge in [-0.3, -0.25) is 4.79 Å². The first-order valence-electron chi connectivity index (χ1n) is 8.63. The van der Waals surface area contributed by atoms with Crippen LogP contribution in [0.3, 0.4) is 0 Å². The van der Waals surface area contributed by atoms with Crippen LogP contribution in [0.5, 0.6) is 0 Å². The number of fused-ring (bicyclic) bond motifs is 1. The van der Waals surface area contributed by atoms with Crippen LogP contribution in [0.25, 0.3) is 10.9 Å². The molecule has 3 aromatic rings. The van der Waals surface area contributed by atoms with E-state index in [4.69, 9.17) is 0 Å². The molecule has 5 heteroatoms. The summed E-state index contributed by atoms with van der Waals surface area (Å²) in [5.41, 5.74) is 3.12. The van der Waals surface area contributed by atoms with Crippen LogP contribution >= 0.6 is 0 Å². The Morgan fingerprint density at radius 2 is 2.33 bits per heavy atom. The molecule has 124 valence electrons. The van der Waals surface area contributed by atoms with E-state index in [1.54, 1.807) is 6.20 Å². The van der Waals surface area contributed by atoms with Gasteiger partial charge in [-0.05, 0) is 24.8 Å². The number of amides is 1. The predicted molar refractivity (Wildman–Crippen MR) is 94.1 cm³/mol. The lowest BCUT2D eigenvalue weighted by Gasteiger charge is -2.33. The van der Waals surface area contributed by atoms with E-state index in [9.17, 15) is 4.79 Å². The largest absolute Gasteiger partial charge is 0.360 e. The summed E-state index contributed by atoms with van der Waals surface area (Å²) in [4.78, 5) is 22.5. The van der Waals surface area contributed by atoms with Crippen LogP contribution in [0.15, 0.2) is 43.1 Å². The van der Waals surface area contributed by atoms with Crippen molar-refractivity contribution in [1.29, 1.82) is 0 Å². The van der Waals surface area contributed by atoms with E-state index in [-0.39, 0.29) is 5.91 Å². The summed E-state index contributed by atoms with van der Waals surface area (Å²) >= 11 is 0. The number of carbonyl (C=O) groups excluding carboxylic acids is 1. The van der Waals surface area contributed by atoms with Crippen LogP contribution < -0.4 is 0 Å². The van der Waals surface area contributed by atoms with Crippen LogP contribution in [0, 0.1) is 0 Å². The van der Waals surface area contributed by atoms with Crippen LogP contribution in [-0.4, -0.2) is 38.4 Å². The zero-order valence-electron chi connectivity index (χ0n) is 13.9. The highest BCUT2D eigenvalue weighted by molar-refractivity contribution is 6.07. The number of hydrogen-bond donors (Lipinski definition) is 1. The van der Waals surface area contributed by atoms with E-state index in [0.29, 0.717) is 6.04 Å².